The molecule has 1 heterocycles. The number of nitrogens with one attached hydrogen (secondary N) is 1. The highest BCUT2D eigenvalue weighted by atomic mass is 16.7. The number of hydrogen-bond donors (Lipinski definition) is 1. The van der Waals surface area contributed by atoms with E-state index in [2.05, 4.69) is 11.4 Å². The fraction of sp³-hybridized carbons (Fsp3) is 0.462. The Labute approximate surface area is 101 Å². The van der Waals surface area contributed by atoms with E-state index in [1.165, 1.54) is 0 Å². The van der Waals surface area contributed by atoms with Crippen molar-refractivity contribution in [3.8, 4) is 6.07 Å². The molecule has 0 aliphatic carbocycles. The second-order valence-electron chi connectivity index (χ2n) is 4.09. The first kappa shape index (κ1) is 11.9. The standard InChI is InChI=1S/C13H16N2O2/c1-10-3-2-4-13(12(10)7-14)15-8-11-5-6-16-9-17-11/h2-4,11,15H,5-6,8-9H2,1H3. The van der Waals surface area contributed by atoms with Crippen molar-refractivity contribution in [2.45, 2.75) is 19.4 Å². The maximum absolute atomic E-state index is 9.09. The minimum atomic E-state index is 0.163. The lowest BCUT2D eigenvalue weighted by molar-refractivity contribution is -0.133. The Kier molecular flexibility index (Phi) is 3.97. The van der Waals surface area contributed by atoms with Crippen molar-refractivity contribution in [2.75, 3.05) is 25.3 Å². The SMILES string of the molecule is Cc1cccc(NCC2CCOCO2)c1C#N. The maximum atomic E-state index is 9.09. The van der Waals surface area contributed by atoms with Crippen LogP contribution in [-0.2, 0) is 9.47 Å². The molecule has 4 heteroatoms. The molecule has 0 aromatic heterocycles. The molecule has 1 aromatic rings. The van der Waals surface area contributed by atoms with E-state index in [4.69, 9.17) is 14.7 Å². The summed E-state index contributed by atoms with van der Waals surface area (Å²) in [4.78, 5) is 0. The van der Waals surface area contributed by atoms with Crippen LogP contribution >= 0.6 is 0 Å². The van der Waals surface area contributed by atoms with Gasteiger partial charge in [0.05, 0.1) is 24.0 Å². The molecule has 1 saturated heterocycles. The van der Waals surface area contributed by atoms with Gasteiger partial charge in [-0.2, -0.15) is 5.26 Å². The van der Waals surface area contributed by atoms with Crippen LogP contribution in [0.2, 0.25) is 0 Å². The molecule has 1 unspecified atom stereocenters. The van der Waals surface area contributed by atoms with E-state index in [0.717, 1.165) is 24.3 Å². The molecular weight excluding hydrogens is 216 g/mol. The van der Waals surface area contributed by atoms with Crippen molar-refractivity contribution in [3.63, 3.8) is 0 Å². The number of rotatable bonds is 3. The van der Waals surface area contributed by atoms with Gasteiger partial charge in [-0.05, 0) is 25.0 Å². The third-order valence-electron chi connectivity index (χ3n) is 2.88. The summed E-state index contributed by atoms with van der Waals surface area (Å²) in [6, 6.07) is 8.03. The van der Waals surface area contributed by atoms with Crippen molar-refractivity contribution >= 4 is 5.69 Å². The van der Waals surface area contributed by atoms with Gasteiger partial charge in [0.15, 0.2) is 0 Å². The zero-order chi connectivity index (χ0) is 12.1. The lowest BCUT2D eigenvalue weighted by atomic mass is 10.1. The van der Waals surface area contributed by atoms with Crippen molar-refractivity contribution in [1.29, 1.82) is 5.26 Å². The van der Waals surface area contributed by atoms with Crippen LogP contribution in [-0.4, -0.2) is 26.0 Å². The van der Waals surface area contributed by atoms with Gasteiger partial charge in [0.1, 0.15) is 12.9 Å². The highest BCUT2D eigenvalue weighted by Gasteiger charge is 2.14. The molecule has 1 aliphatic rings. The van der Waals surface area contributed by atoms with Gasteiger partial charge in [0.25, 0.3) is 0 Å². The zero-order valence-corrected chi connectivity index (χ0v) is 9.90. The highest BCUT2D eigenvalue weighted by molar-refractivity contribution is 5.60. The molecule has 90 valence electrons. The predicted molar refractivity (Wildman–Crippen MR) is 64.7 cm³/mol. The van der Waals surface area contributed by atoms with Gasteiger partial charge in [0.2, 0.25) is 0 Å². The smallest absolute Gasteiger partial charge is 0.147 e. The van der Waals surface area contributed by atoms with Crippen LogP contribution in [0.1, 0.15) is 17.5 Å². The molecule has 0 spiro atoms. The lowest BCUT2D eigenvalue weighted by Crippen LogP contribution is -2.30. The lowest BCUT2D eigenvalue weighted by Gasteiger charge is -2.23. The molecule has 0 radical (unpaired) electrons. The Bertz CT molecular complexity index is 420. The topological polar surface area (TPSA) is 54.3 Å². The molecule has 0 amide bonds. The van der Waals surface area contributed by atoms with E-state index in [9.17, 15) is 0 Å². The number of aryl methyl sites for hydroxylation is 1. The van der Waals surface area contributed by atoms with Crippen molar-refractivity contribution < 1.29 is 9.47 Å². The van der Waals surface area contributed by atoms with Crippen LogP contribution in [0.4, 0.5) is 5.69 Å². The highest BCUT2D eigenvalue weighted by Crippen LogP contribution is 2.19. The Hall–Kier alpha value is -1.57. The molecular formula is C13H16N2O2. The zero-order valence-electron chi connectivity index (χ0n) is 9.90. The van der Waals surface area contributed by atoms with Gasteiger partial charge in [-0.25, -0.2) is 0 Å². The Morgan fingerprint density at radius 1 is 1.53 bits per heavy atom. The molecule has 1 N–H and O–H groups in total. The second-order valence-corrected chi connectivity index (χ2v) is 4.09. The number of hydrogen-bond acceptors (Lipinski definition) is 4. The number of ether oxygens (including phenoxy) is 2. The summed E-state index contributed by atoms with van der Waals surface area (Å²) < 4.78 is 10.5. The molecule has 4 nitrogen and oxygen atoms in total. The molecule has 1 aliphatic heterocycles. The molecule has 0 saturated carbocycles. The van der Waals surface area contributed by atoms with Gasteiger partial charge in [-0.1, -0.05) is 12.1 Å². The van der Waals surface area contributed by atoms with E-state index in [-0.39, 0.29) is 6.10 Å². The van der Waals surface area contributed by atoms with Crippen LogP contribution in [0, 0.1) is 18.3 Å². The normalized spacial score (nSPS) is 19.6. The largest absolute Gasteiger partial charge is 0.381 e. The van der Waals surface area contributed by atoms with E-state index in [0.29, 0.717) is 18.9 Å². The van der Waals surface area contributed by atoms with Gasteiger partial charge < -0.3 is 14.8 Å². The number of nitriles is 1. The third-order valence-corrected chi connectivity index (χ3v) is 2.88. The Morgan fingerprint density at radius 3 is 3.12 bits per heavy atom. The minimum Gasteiger partial charge on any atom is -0.381 e. The van der Waals surface area contributed by atoms with Crippen molar-refractivity contribution in [2.24, 2.45) is 0 Å². The Balaban J connectivity index is 1.99. The number of anilines is 1. The first-order valence-corrected chi connectivity index (χ1v) is 5.74. The van der Waals surface area contributed by atoms with E-state index < -0.39 is 0 Å². The second kappa shape index (κ2) is 5.67. The van der Waals surface area contributed by atoms with Crippen LogP contribution in [0.15, 0.2) is 18.2 Å². The molecule has 1 atom stereocenters. The summed E-state index contributed by atoms with van der Waals surface area (Å²) in [5.41, 5.74) is 2.58. The monoisotopic (exact) mass is 232 g/mol. The van der Waals surface area contributed by atoms with E-state index >= 15 is 0 Å². The molecule has 1 aromatic carbocycles. The fourth-order valence-electron chi connectivity index (χ4n) is 1.85. The average molecular weight is 232 g/mol. The third kappa shape index (κ3) is 2.96. The number of nitrogens with zero attached hydrogens (tertiary/aromatic N) is 1. The van der Waals surface area contributed by atoms with Gasteiger partial charge >= 0.3 is 0 Å². The first-order valence-electron chi connectivity index (χ1n) is 5.74. The molecule has 2 rings (SSSR count). The minimum absolute atomic E-state index is 0.163. The quantitative estimate of drug-likeness (QED) is 0.866. The summed E-state index contributed by atoms with van der Waals surface area (Å²) in [6.07, 6.45) is 1.05. The van der Waals surface area contributed by atoms with Gasteiger partial charge in [0, 0.05) is 6.54 Å². The van der Waals surface area contributed by atoms with E-state index in [1.807, 2.05) is 25.1 Å². The van der Waals surface area contributed by atoms with Crippen molar-refractivity contribution in [1.82, 2.24) is 0 Å². The summed E-state index contributed by atoms with van der Waals surface area (Å²) in [6.45, 7) is 3.76. The summed E-state index contributed by atoms with van der Waals surface area (Å²) in [5.74, 6) is 0. The molecule has 1 fully saturated rings. The van der Waals surface area contributed by atoms with E-state index in [1.54, 1.807) is 0 Å². The molecule has 0 bridgehead atoms. The summed E-state index contributed by atoms with van der Waals surface area (Å²) in [5, 5.41) is 12.4. The van der Waals surface area contributed by atoms with Crippen LogP contribution in [0.25, 0.3) is 0 Å². The van der Waals surface area contributed by atoms with Crippen molar-refractivity contribution in [3.05, 3.63) is 29.3 Å². The predicted octanol–water partition coefficient (Wildman–Crippen LogP) is 2.04. The fourth-order valence-corrected chi connectivity index (χ4v) is 1.85. The first-order chi connectivity index (χ1) is 8.31. The van der Waals surface area contributed by atoms with Crippen LogP contribution in [0.3, 0.4) is 0 Å². The van der Waals surface area contributed by atoms with Crippen LogP contribution in [0.5, 0.6) is 0 Å². The summed E-state index contributed by atoms with van der Waals surface area (Å²) in [7, 11) is 0. The molecule has 17 heavy (non-hydrogen) atoms. The Morgan fingerprint density at radius 2 is 2.41 bits per heavy atom. The maximum Gasteiger partial charge on any atom is 0.147 e. The van der Waals surface area contributed by atoms with Crippen LogP contribution < -0.4 is 5.32 Å². The number of benzene rings is 1. The van der Waals surface area contributed by atoms with Gasteiger partial charge in [-0.3, -0.25) is 0 Å². The summed E-state index contributed by atoms with van der Waals surface area (Å²) >= 11 is 0. The average Bonchev–Trinajstić information content (AvgIpc) is 2.37. The van der Waals surface area contributed by atoms with Gasteiger partial charge in [-0.15, -0.1) is 0 Å².